The number of hydrogen-bond donors (Lipinski definition) is 7. The van der Waals surface area contributed by atoms with E-state index in [-0.39, 0.29) is 37.5 Å². The zero-order chi connectivity index (χ0) is 42.6. The molecule has 0 aliphatic heterocycles. The standard InChI is InChI=1S/C21H17Cl2N5O2.C20H15Cl2N5O2.2CH4/c1-25-19(24)12-2-4-13(5-3-12)20(29)27-17-8-6-14(22)10-16(17)21(30)28-18-9-7-15(23)11-26-18;21-13-5-7-16(26-19(28)12-3-1-11(2-4-12)18(23)24)15(9-13)20(29)27-17-8-6-14(22)10-25-17;;/h2-11H,1H3,(H2,24,25)(H,27,29)(H,26,28,30);1-10H,(H3,23,24)(H,26,28)(H,25,27,29);2*1H4. The molecule has 0 aliphatic carbocycles. The van der Waals surface area contributed by atoms with Crippen LogP contribution in [0.2, 0.25) is 20.1 Å². The number of nitrogens with two attached hydrogens (primary N) is 2. The summed E-state index contributed by atoms with van der Waals surface area (Å²) in [5.41, 5.74) is 14.1. The summed E-state index contributed by atoms with van der Waals surface area (Å²) >= 11 is 23.7. The Balaban J connectivity index is 0.000000315. The Hall–Kier alpha value is -6.84. The van der Waals surface area contributed by atoms with Gasteiger partial charge in [-0.05, 0) is 84.9 Å². The number of aromatic nitrogens is 2. The van der Waals surface area contributed by atoms with Crippen LogP contribution >= 0.6 is 46.4 Å². The highest BCUT2D eigenvalue weighted by molar-refractivity contribution is 6.32. The monoisotopic (exact) mass is 900 g/mol. The van der Waals surface area contributed by atoms with Crippen LogP contribution < -0.4 is 32.7 Å². The SMILES string of the molecule is C.C.CN=C(N)c1ccc(C(=O)Nc2ccc(Cl)cc2C(=O)Nc2ccc(Cl)cn2)cc1.N=C(N)c1ccc(C(=O)Nc2ccc(Cl)cc2C(=O)Nc2ccc(Cl)cn2)cc1. The van der Waals surface area contributed by atoms with E-state index >= 15 is 0 Å². The molecule has 314 valence electrons. The number of nitrogens with zero attached hydrogens (tertiary/aromatic N) is 3. The van der Waals surface area contributed by atoms with Gasteiger partial charge in [0.15, 0.2) is 0 Å². The van der Waals surface area contributed by atoms with E-state index in [1.54, 1.807) is 98.0 Å². The number of nitrogen functional groups attached to an aromatic ring is 1. The molecule has 0 saturated carbocycles. The second-order valence-corrected chi connectivity index (χ2v) is 13.8. The van der Waals surface area contributed by atoms with E-state index in [2.05, 4.69) is 36.2 Å². The van der Waals surface area contributed by atoms with Crippen molar-refractivity contribution >= 4 is 105 Å². The van der Waals surface area contributed by atoms with Crippen molar-refractivity contribution in [3.63, 3.8) is 0 Å². The maximum atomic E-state index is 12.7. The molecular formula is C43H40Cl4N10O4. The molecule has 2 aromatic heterocycles. The van der Waals surface area contributed by atoms with Gasteiger partial charge in [-0.3, -0.25) is 29.6 Å². The van der Waals surface area contributed by atoms with Crippen LogP contribution in [-0.4, -0.2) is 52.3 Å². The maximum Gasteiger partial charge on any atom is 0.258 e. The first-order chi connectivity index (χ1) is 28.2. The van der Waals surface area contributed by atoms with Gasteiger partial charge in [-0.25, -0.2) is 9.97 Å². The fourth-order valence-electron chi connectivity index (χ4n) is 5.01. The highest BCUT2D eigenvalue weighted by Crippen LogP contribution is 2.25. The number of hydrogen-bond acceptors (Lipinski definition) is 8. The predicted molar refractivity (Wildman–Crippen MR) is 247 cm³/mol. The van der Waals surface area contributed by atoms with Crippen LogP contribution in [-0.2, 0) is 0 Å². The molecule has 0 atom stereocenters. The lowest BCUT2D eigenvalue weighted by atomic mass is 10.1. The zero-order valence-electron chi connectivity index (χ0n) is 30.7. The van der Waals surface area contributed by atoms with Crippen molar-refractivity contribution in [1.82, 2.24) is 9.97 Å². The van der Waals surface area contributed by atoms with Gasteiger partial charge in [0.1, 0.15) is 23.3 Å². The average Bonchev–Trinajstić information content (AvgIpc) is 3.23. The predicted octanol–water partition coefficient (Wildman–Crippen LogP) is 9.68. The highest BCUT2D eigenvalue weighted by Gasteiger charge is 2.18. The number of carbonyl (C=O) groups excluding carboxylic acids is 4. The van der Waals surface area contributed by atoms with Gasteiger partial charge in [-0.15, -0.1) is 0 Å². The van der Waals surface area contributed by atoms with Gasteiger partial charge >= 0.3 is 0 Å². The van der Waals surface area contributed by atoms with Crippen LogP contribution in [0, 0.1) is 5.41 Å². The van der Waals surface area contributed by atoms with E-state index < -0.39 is 23.6 Å². The number of amidine groups is 2. The van der Waals surface area contributed by atoms with E-state index in [0.29, 0.717) is 65.5 Å². The number of rotatable bonds is 10. The summed E-state index contributed by atoms with van der Waals surface area (Å²) in [6, 6.07) is 28.3. The lowest BCUT2D eigenvalue weighted by Crippen LogP contribution is -2.19. The molecule has 18 heteroatoms. The first-order valence-corrected chi connectivity index (χ1v) is 18.6. The third kappa shape index (κ3) is 13.6. The molecule has 0 radical (unpaired) electrons. The fourth-order valence-corrected chi connectivity index (χ4v) is 5.57. The number of pyridine rings is 2. The van der Waals surface area contributed by atoms with E-state index in [0.717, 1.165) is 0 Å². The van der Waals surface area contributed by atoms with Gasteiger partial charge in [0.25, 0.3) is 23.6 Å². The summed E-state index contributed by atoms with van der Waals surface area (Å²) < 4.78 is 0. The number of carbonyl (C=O) groups is 4. The van der Waals surface area contributed by atoms with Crippen molar-refractivity contribution < 1.29 is 19.2 Å². The van der Waals surface area contributed by atoms with Crippen molar-refractivity contribution in [2.45, 2.75) is 14.9 Å². The van der Waals surface area contributed by atoms with E-state index in [9.17, 15) is 19.2 Å². The summed E-state index contributed by atoms with van der Waals surface area (Å²) in [6.07, 6.45) is 2.82. The summed E-state index contributed by atoms with van der Waals surface area (Å²) in [5.74, 6) is -0.909. The number of anilines is 4. The van der Waals surface area contributed by atoms with Crippen molar-refractivity contribution in [3.8, 4) is 0 Å². The summed E-state index contributed by atoms with van der Waals surface area (Å²) in [5, 5.41) is 19.7. The lowest BCUT2D eigenvalue weighted by molar-refractivity contribution is 0.101. The molecule has 0 spiro atoms. The van der Waals surface area contributed by atoms with Crippen LogP contribution in [0.4, 0.5) is 23.0 Å². The quantitative estimate of drug-likeness (QED) is 0.0516. The van der Waals surface area contributed by atoms with E-state index in [4.69, 9.17) is 63.3 Å². The van der Waals surface area contributed by atoms with Gasteiger partial charge in [-0.1, -0.05) is 85.5 Å². The van der Waals surface area contributed by atoms with Crippen molar-refractivity contribution in [1.29, 1.82) is 5.41 Å². The maximum absolute atomic E-state index is 12.7. The van der Waals surface area contributed by atoms with Gasteiger partial charge < -0.3 is 32.7 Å². The normalized spacial score (nSPS) is 10.3. The second-order valence-electron chi connectivity index (χ2n) is 12.1. The molecular weight excluding hydrogens is 862 g/mol. The number of benzene rings is 4. The van der Waals surface area contributed by atoms with Crippen LogP contribution in [0.25, 0.3) is 0 Å². The molecule has 14 nitrogen and oxygen atoms in total. The fraction of sp³-hybridized carbons (Fsp3) is 0.0698. The van der Waals surface area contributed by atoms with Crippen LogP contribution in [0.5, 0.6) is 0 Å². The molecule has 61 heavy (non-hydrogen) atoms. The zero-order valence-corrected chi connectivity index (χ0v) is 33.7. The molecule has 0 aliphatic rings. The van der Waals surface area contributed by atoms with Gasteiger partial charge in [0.05, 0.1) is 32.5 Å². The Bertz CT molecular complexity index is 2550. The van der Waals surface area contributed by atoms with Crippen LogP contribution in [0.15, 0.2) is 127 Å². The van der Waals surface area contributed by atoms with Crippen molar-refractivity contribution in [3.05, 3.63) is 175 Å². The molecule has 9 N–H and O–H groups in total. The summed E-state index contributed by atoms with van der Waals surface area (Å²) in [4.78, 5) is 62.6. The largest absolute Gasteiger partial charge is 0.384 e. The minimum Gasteiger partial charge on any atom is -0.384 e. The minimum absolute atomic E-state index is 0. The smallest absolute Gasteiger partial charge is 0.258 e. The number of halogens is 4. The lowest BCUT2D eigenvalue weighted by Gasteiger charge is -2.12. The molecule has 0 bridgehead atoms. The number of aliphatic imine (C=N–C) groups is 1. The third-order valence-corrected chi connectivity index (χ3v) is 8.95. The topological polar surface area (TPSA) is 230 Å². The first-order valence-electron chi connectivity index (χ1n) is 17.1. The third-order valence-electron chi connectivity index (χ3n) is 8.03. The Morgan fingerprint density at radius 3 is 1.21 bits per heavy atom. The number of amides is 4. The van der Waals surface area contributed by atoms with Gasteiger partial charge in [0.2, 0.25) is 0 Å². The molecule has 4 amide bonds. The summed E-state index contributed by atoms with van der Waals surface area (Å²) in [6.45, 7) is 0. The van der Waals surface area contributed by atoms with Gasteiger partial charge in [0, 0.05) is 51.7 Å². The average molecular weight is 903 g/mol. The Morgan fingerprint density at radius 1 is 0.508 bits per heavy atom. The Kier molecular flexibility index (Phi) is 17.9. The van der Waals surface area contributed by atoms with E-state index in [1.807, 2.05) is 0 Å². The summed E-state index contributed by atoms with van der Waals surface area (Å²) in [7, 11) is 1.59. The molecule has 6 aromatic rings. The second kappa shape index (κ2) is 22.5. The van der Waals surface area contributed by atoms with Crippen LogP contribution in [0.1, 0.15) is 67.4 Å². The molecule has 0 saturated heterocycles. The molecule has 2 heterocycles. The molecule has 6 rings (SSSR count). The van der Waals surface area contributed by atoms with Crippen molar-refractivity contribution in [2.24, 2.45) is 16.5 Å². The Labute approximate surface area is 372 Å². The van der Waals surface area contributed by atoms with Gasteiger partial charge in [-0.2, -0.15) is 0 Å². The highest BCUT2D eigenvalue weighted by atomic mass is 35.5. The first kappa shape index (κ1) is 48.5. The van der Waals surface area contributed by atoms with E-state index in [1.165, 1.54) is 30.6 Å². The molecule has 0 fully saturated rings. The van der Waals surface area contributed by atoms with Crippen molar-refractivity contribution in [2.75, 3.05) is 28.3 Å². The van der Waals surface area contributed by atoms with Crippen LogP contribution in [0.3, 0.4) is 0 Å². The Morgan fingerprint density at radius 2 is 0.869 bits per heavy atom. The molecule has 0 unspecified atom stereocenters. The number of nitrogens with one attached hydrogen (secondary N) is 5. The molecule has 4 aromatic carbocycles. The minimum atomic E-state index is -0.496.